The van der Waals surface area contributed by atoms with E-state index in [4.69, 9.17) is 0 Å². The van der Waals surface area contributed by atoms with E-state index in [1.165, 1.54) is 29.3 Å². The lowest BCUT2D eigenvalue weighted by Crippen LogP contribution is -2.11. The molecule has 0 aromatic carbocycles. The molecule has 0 saturated carbocycles. The van der Waals surface area contributed by atoms with Crippen LogP contribution in [0.3, 0.4) is 0 Å². The Bertz CT molecular complexity index is 577. The van der Waals surface area contributed by atoms with E-state index >= 15 is 0 Å². The number of nitrogens with one attached hydrogen (secondary N) is 1. The van der Waals surface area contributed by atoms with Crippen molar-refractivity contribution in [2.45, 2.75) is 9.24 Å². The molecule has 0 saturated heterocycles. The van der Waals surface area contributed by atoms with E-state index in [-0.39, 0.29) is 0 Å². The van der Waals surface area contributed by atoms with Crippen LogP contribution in [0.4, 0.5) is 5.69 Å². The molecule has 2 rings (SSSR count). The lowest BCUT2D eigenvalue weighted by molar-refractivity contribution is 0.603. The van der Waals surface area contributed by atoms with Gasteiger partial charge >= 0.3 is 0 Å². The summed E-state index contributed by atoms with van der Waals surface area (Å²) in [6, 6.07) is 6.74. The average molecular weight is 286 g/mol. The normalized spacial score (nSPS) is 11.4. The van der Waals surface area contributed by atoms with Gasteiger partial charge in [0.15, 0.2) is 0 Å². The summed E-state index contributed by atoms with van der Waals surface area (Å²) in [6.45, 7) is 0. The van der Waals surface area contributed by atoms with Gasteiger partial charge in [0.25, 0.3) is 10.0 Å². The maximum atomic E-state index is 11.9. The molecule has 0 unspecified atom stereocenters. The van der Waals surface area contributed by atoms with Gasteiger partial charge in [-0.15, -0.1) is 23.1 Å². The average Bonchev–Trinajstić information content (AvgIpc) is 2.84. The van der Waals surface area contributed by atoms with Crippen molar-refractivity contribution in [2.75, 3.05) is 11.0 Å². The number of thiophene rings is 1. The van der Waals surface area contributed by atoms with Gasteiger partial charge in [-0.1, -0.05) is 6.07 Å². The standard InChI is InChI=1S/C10H10N2O2S3/c1-15-9-5-4-8(7-11-9)12-17(13,14)10-3-2-6-16-10/h2-7,12H,1H3. The second-order valence-electron chi connectivity index (χ2n) is 3.13. The number of hydrogen-bond acceptors (Lipinski definition) is 5. The molecule has 0 aliphatic carbocycles. The van der Waals surface area contributed by atoms with E-state index in [9.17, 15) is 8.42 Å². The monoisotopic (exact) mass is 286 g/mol. The highest BCUT2D eigenvalue weighted by Gasteiger charge is 2.14. The molecule has 0 atom stereocenters. The van der Waals surface area contributed by atoms with E-state index < -0.39 is 10.0 Å². The second-order valence-corrected chi connectivity index (χ2v) is 6.81. The van der Waals surface area contributed by atoms with Gasteiger partial charge in [-0.25, -0.2) is 13.4 Å². The summed E-state index contributed by atoms with van der Waals surface area (Å²) in [5.74, 6) is 0. The van der Waals surface area contributed by atoms with Gasteiger partial charge in [0.2, 0.25) is 0 Å². The Kier molecular flexibility index (Phi) is 3.70. The van der Waals surface area contributed by atoms with E-state index in [1.807, 2.05) is 6.26 Å². The van der Waals surface area contributed by atoms with Crippen LogP contribution >= 0.6 is 23.1 Å². The Morgan fingerprint density at radius 1 is 1.35 bits per heavy atom. The van der Waals surface area contributed by atoms with Crippen molar-refractivity contribution in [1.29, 1.82) is 0 Å². The van der Waals surface area contributed by atoms with Gasteiger partial charge in [-0.3, -0.25) is 4.72 Å². The molecule has 0 bridgehead atoms. The molecule has 4 nitrogen and oxygen atoms in total. The molecule has 17 heavy (non-hydrogen) atoms. The van der Waals surface area contributed by atoms with Gasteiger partial charge in [0, 0.05) is 0 Å². The molecule has 2 heterocycles. The summed E-state index contributed by atoms with van der Waals surface area (Å²) in [7, 11) is -3.47. The first-order valence-electron chi connectivity index (χ1n) is 4.68. The fraction of sp³-hybridized carbons (Fsp3) is 0.100. The zero-order chi connectivity index (χ0) is 12.3. The molecule has 0 amide bonds. The van der Waals surface area contributed by atoms with Crippen molar-refractivity contribution in [1.82, 2.24) is 4.98 Å². The van der Waals surface area contributed by atoms with E-state index in [0.29, 0.717) is 9.90 Å². The third-order valence-corrected chi connectivity index (χ3v) is 5.40. The summed E-state index contributed by atoms with van der Waals surface area (Å²) in [4.78, 5) is 4.10. The van der Waals surface area contributed by atoms with Crippen molar-refractivity contribution in [3.63, 3.8) is 0 Å². The van der Waals surface area contributed by atoms with Crippen LogP contribution in [0, 0.1) is 0 Å². The van der Waals surface area contributed by atoms with E-state index in [0.717, 1.165) is 5.03 Å². The first-order chi connectivity index (χ1) is 8.12. The highest BCUT2D eigenvalue weighted by Crippen LogP contribution is 2.20. The van der Waals surface area contributed by atoms with Gasteiger partial charge in [0.05, 0.1) is 16.9 Å². The summed E-state index contributed by atoms with van der Waals surface area (Å²) in [5.41, 5.74) is 0.469. The van der Waals surface area contributed by atoms with Gasteiger partial charge in [-0.05, 0) is 29.8 Å². The summed E-state index contributed by atoms with van der Waals surface area (Å²) >= 11 is 2.69. The molecule has 0 aliphatic rings. The van der Waals surface area contributed by atoms with Crippen molar-refractivity contribution in [3.8, 4) is 0 Å². The minimum Gasteiger partial charge on any atom is -0.277 e. The van der Waals surface area contributed by atoms with Crippen molar-refractivity contribution in [3.05, 3.63) is 35.8 Å². The van der Waals surface area contributed by atoms with Crippen LogP contribution in [0.25, 0.3) is 0 Å². The van der Waals surface area contributed by atoms with Crippen LogP contribution in [0.2, 0.25) is 0 Å². The minimum absolute atomic E-state index is 0.298. The molecule has 7 heteroatoms. The lowest BCUT2D eigenvalue weighted by Gasteiger charge is -2.05. The Labute approximate surface area is 108 Å². The Hall–Kier alpha value is -1.05. The van der Waals surface area contributed by atoms with Gasteiger partial charge in [0.1, 0.15) is 4.21 Å². The maximum Gasteiger partial charge on any atom is 0.271 e. The molecule has 0 fully saturated rings. The summed E-state index contributed by atoms with van der Waals surface area (Å²) in [5, 5.41) is 2.58. The number of anilines is 1. The van der Waals surface area contributed by atoms with E-state index in [2.05, 4.69) is 9.71 Å². The number of rotatable bonds is 4. The zero-order valence-electron chi connectivity index (χ0n) is 8.95. The highest BCUT2D eigenvalue weighted by atomic mass is 32.2. The van der Waals surface area contributed by atoms with Crippen molar-refractivity contribution < 1.29 is 8.42 Å². The molecule has 2 aromatic rings. The van der Waals surface area contributed by atoms with Crippen molar-refractivity contribution in [2.24, 2.45) is 0 Å². The molecular formula is C10H10N2O2S3. The topological polar surface area (TPSA) is 59.1 Å². The smallest absolute Gasteiger partial charge is 0.271 e. The van der Waals surface area contributed by atoms with Gasteiger partial charge < -0.3 is 0 Å². The van der Waals surface area contributed by atoms with Crippen LogP contribution in [-0.4, -0.2) is 19.7 Å². The molecular weight excluding hydrogens is 276 g/mol. The zero-order valence-corrected chi connectivity index (χ0v) is 11.4. The SMILES string of the molecule is CSc1ccc(NS(=O)(=O)c2cccs2)cn1. The fourth-order valence-corrected chi connectivity index (χ4v) is 3.58. The quantitative estimate of drug-likeness (QED) is 0.878. The Morgan fingerprint density at radius 3 is 2.71 bits per heavy atom. The van der Waals surface area contributed by atoms with Crippen LogP contribution in [0.15, 0.2) is 45.1 Å². The third-order valence-electron chi connectivity index (χ3n) is 1.96. The van der Waals surface area contributed by atoms with Gasteiger partial charge in [-0.2, -0.15) is 0 Å². The number of thioether (sulfide) groups is 1. The predicted molar refractivity (Wildman–Crippen MR) is 71.1 cm³/mol. The molecule has 2 aromatic heterocycles. The first-order valence-corrected chi connectivity index (χ1v) is 8.27. The molecule has 1 N–H and O–H groups in total. The number of pyridine rings is 1. The van der Waals surface area contributed by atoms with E-state index in [1.54, 1.807) is 29.6 Å². The largest absolute Gasteiger partial charge is 0.277 e. The predicted octanol–water partition coefficient (Wildman–Crippen LogP) is 2.67. The molecule has 90 valence electrons. The van der Waals surface area contributed by atoms with Crippen LogP contribution in [0.5, 0.6) is 0 Å². The number of hydrogen-bond donors (Lipinski definition) is 1. The number of aromatic nitrogens is 1. The molecule has 0 spiro atoms. The number of nitrogens with zero attached hydrogens (tertiary/aromatic N) is 1. The summed E-state index contributed by atoms with van der Waals surface area (Å²) < 4.78 is 26.5. The van der Waals surface area contributed by atoms with Crippen LogP contribution in [0.1, 0.15) is 0 Å². The Morgan fingerprint density at radius 2 is 2.18 bits per heavy atom. The first kappa shape index (κ1) is 12.4. The highest BCUT2D eigenvalue weighted by molar-refractivity contribution is 7.98. The molecule has 0 aliphatic heterocycles. The maximum absolute atomic E-state index is 11.9. The Balaban J connectivity index is 2.21. The summed E-state index contributed by atoms with van der Waals surface area (Å²) in [6.07, 6.45) is 3.43. The van der Waals surface area contributed by atoms with Crippen molar-refractivity contribution >= 4 is 38.8 Å². The fourth-order valence-electron chi connectivity index (χ4n) is 1.18. The third kappa shape index (κ3) is 2.99. The molecule has 0 radical (unpaired) electrons. The lowest BCUT2D eigenvalue weighted by atomic mass is 10.4. The minimum atomic E-state index is -3.47. The van der Waals surface area contributed by atoms with Crippen LogP contribution in [-0.2, 0) is 10.0 Å². The second kappa shape index (κ2) is 5.07. The number of sulfonamides is 1. The van der Waals surface area contributed by atoms with Crippen LogP contribution < -0.4 is 4.72 Å².